The van der Waals surface area contributed by atoms with Crippen molar-refractivity contribution in [2.75, 3.05) is 39.5 Å². The van der Waals surface area contributed by atoms with Crippen LogP contribution in [0.25, 0.3) is 0 Å². The molecule has 6 heteroatoms. The third kappa shape index (κ3) is 9.26. The molecule has 0 spiro atoms. The molecular formula is C16H34NO4P. The predicted octanol–water partition coefficient (Wildman–Crippen LogP) is 4.62. The summed E-state index contributed by atoms with van der Waals surface area (Å²) in [5, 5.41) is 0. The van der Waals surface area contributed by atoms with Gasteiger partial charge in [0, 0.05) is 6.54 Å². The molecule has 1 rings (SSSR count). The molecule has 1 saturated heterocycles. The van der Waals surface area contributed by atoms with E-state index < -0.39 is 7.82 Å². The number of phosphoric ester groups is 1. The average molecular weight is 335 g/mol. The summed E-state index contributed by atoms with van der Waals surface area (Å²) in [6.45, 7) is 8.61. The summed E-state index contributed by atoms with van der Waals surface area (Å²) < 4.78 is 29.1. The lowest BCUT2D eigenvalue weighted by Gasteiger charge is -2.20. The SMILES string of the molecule is CCCCCOP(=O)(OCCCCC)OCCN1CCCC1. The van der Waals surface area contributed by atoms with Gasteiger partial charge in [-0.05, 0) is 38.8 Å². The van der Waals surface area contributed by atoms with E-state index in [-0.39, 0.29) is 0 Å². The molecule has 0 saturated carbocycles. The van der Waals surface area contributed by atoms with Gasteiger partial charge in [0.05, 0.1) is 19.8 Å². The van der Waals surface area contributed by atoms with Gasteiger partial charge in [0.1, 0.15) is 0 Å². The molecule has 132 valence electrons. The number of rotatable bonds is 14. The van der Waals surface area contributed by atoms with Gasteiger partial charge in [-0.3, -0.25) is 13.6 Å². The number of likely N-dealkylation sites (tertiary alicyclic amines) is 1. The molecule has 1 aliphatic rings. The summed E-state index contributed by atoms with van der Waals surface area (Å²) in [6, 6.07) is 0. The van der Waals surface area contributed by atoms with Crippen LogP contribution in [0.2, 0.25) is 0 Å². The largest absolute Gasteiger partial charge is 0.474 e. The highest BCUT2D eigenvalue weighted by Gasteiger charge is 2.26. The Labute approximate surface area is 136 Å². The quantitative estimate of drug-likeness (QED) is 0.342. The second-order valence-corrected chi connectivity index (χ2v) is 7.58. The van der Waals surface area contributed by atoms with E-state index in [4.69, 9.17) is 13.6 Å². The Kier molecular flexibility index (Phi) is 11.4. The van der Waals surface area contributed by atoms with Crippen LogP contribution < -0.4 is 0 Å². The summed E-state index contributed by atoms with van der Waals surface area (Å²) in [5.74, 6) is 0. The number of hydrogen-bond donors (Lipinski definition) is 0. The van der Waals surface area contributed by atoms with E-state index in [1.54, 1.807) is 0 Å². The Bertz CT molecular complexity index is 293. The summed E-state index contributed by atoms with van der Waals surface area (Å²) >= 11 is 0. The fourth-order valence-electron chi connectivity index (χ4n) is 2.46. The molecule has 0 aromatic heterocycles. The lowest BCUT2D eigenvalue weighted by Crippen LogP contribution is -2.24. The lowest BCUT2D eigenvalue weighted by molar-refractivity contribution is 0.102. The number of phosphoric acid groups is 1. The van der Waals surface area contributed by atoms with Crippen molar-refractivity contribution in [2.24, 2.45) is 0 Å². The highest BCUT2D eigenvalue weighted by atomic mass is 31.2. The van der Waals surface area contributed by atoms with E-state index in [0.717, 1.165) is 58.2 Å². The first-order chi connectivity index (χ1) is 10.7. The fraction of sp³-hybridized carbons (Fsp3) is 1.00. The normalized spacial score (nSPS) is 16.5. The highest BCUT2D eigenvalue weighted by molar-refractivity contribution is 7.48. The van der Waals surface area contributed by atoms with Crippen molar-refractivity contribution in [3.8, 4) is 0 Å². The first kappa shape index (κ1) is 20.1. The zero-order chi connectivity index (χ0) is 16.1. The van der Waals surface area contributed by atoms with Gasteiger partial charge in [-0.15, -0.1) is 0 Å². The van der Waals surface area contributed by atoms with E-state index in [1.807, 2.05) is 0 Å². The van der Waals surface area contributed by atoms with Gasteiger partial charge in [0.25, 0.3) is 0 Å². The van der Waals surface area contributed by atoms with Gasteiger partial charge in [0.15, 0.2) is 0 Å². The second kappa shape index (κ2) is 12.5. The van der Waals surface area contributed by atoms with Crippen molar-refractivity contribution in [3.63, 3.8) is 0 Å². The molecule has 0 radical (unpaired) electrons. The molecular weight excluding hydrogens is 301 g/mol. The average Bonchev–Trinajstić information content (AvgIpc) is 3.02. The van der Waals surface area contributed by atoms with Crippen LogP contribution in [-0.4, -0.2) is 44.4 Å². The van der Waals surface area contributed by atoms with Gasteiger partial charge in [-0.25, -0.2) is 4.57 Å². The zero-order valence-corrected chi connectivity index (χ0v) is 15.3. The smallest absolute Gasteiger partial charge is 0.301 e. The van der Waals surface area contributed by atoms with Gasteiger partial charge < -0.3 is 4.90 Å². The molecule has 1 aliphatic heterocycles. The maximum atomic E-state index is 12.6. The molecule has 0 bridgehead atoms. The van der Waals surface area contributed by atoms with Crippen molar-refractivity contribution in [2.45, 2.75) is 65.2 Å². The summed E-state index contributed by atoms with van der Waals surface area (Å²) in [5.41, 5.74) is 0. The summed E-state index contributed by atoms with van der Waals surface area (Å²) in [7, 11) is -3.38. The third-order valence-electron chi connectivity index (χ3n) is 3.85. The Hall–Kier alpha value is 0.0700. The minimum Gasteiger partial charge on any atom is -0.301 e. The molecule has 0 atom stereocenters. The molecule has 0 aromatic carbocycles. The Morgan fingerprint density at radius 3 is 1.82 bits per heavy atom. The fourth-order valence-corrected chi connectivity index (χ4v) is 3.69. The van der Waals surface area contributed by atoms with Crippen LogP contribution in [0.4, 0.5) is 0 Å². The lowest BCUT2D eigenvalue weighted by atomic mass is 10.3. The Balaban J connectivity index is 2.28. The van der Waals surface area contributed by atoms with E-state index in [0.29, 0.717) is 19.8 Å². The Morgan fingerprint density at radius 2 is 1.32 bits per heavy atom. The molecule has 22 heavy (non-hydrogen) atoms. The number of unbranched alkanes of at least 4 members (excludes halogenated alkanes) is 4. The molecule has 0 unspecified atom stereocenters. The first-order valence-electron chi connectivity index (χ1n) is 8.96. The summed E-state index contributed by atoms with van der Waals surface area (Å²) in [6.07, 6.45) is 8.66. The van der Waals surface area contributed by atoms with Gasteiger partial charge in [-0.1, -0.05) is 39.5 Å². The molecule has 5 nitrogen and oxygen atoms in total. The highest BCUT2D eigenvalue weighted by Crippen LogP contribution is 2.49. The monoisotopic (exact) mass is 335 g/mol. The van der Waals surface area contributed by atoms with Crippen LogP contribution in [0, 0.1) is 0 Å². The van der Waals surface area contributed by atoms with Crippen LogP contribution >= 0.6 is 7.82 Å². The van der Waals surface area contributed by atoms with E-state index in [2.05, 4.69) is 18.7 Å². The van der Waals surface area contributed by atoms with Crippen LogP contribution in [0.1, 0.15) is 65.2 Å². The molecule has 0 aliphatic carbocycles. The molecule has 0 amide bonds. The first-order valence-corrected chi connectivity index (χ1v) is 10.4. The predicted molar refractivity (Wildman–Crippen MR) is 90.2 cm³/mol. The van der Waals surface area contributed by atoms with Crippen LogP contribution in [-0.2, 0) is 18.1 Å². The summed E-state index contributed by atoms with van der Waals surface area (Å²) in [4.78, 5) is 2.33. The maximum Gasteiger partial charge on any atom is 0.474 e. The van der Waals surface area contributed by atoms with Crippen molar-refractivity contribution in [3.05, 3.63) is 0 Å². The topological polar surface area (TPSA) is 48.0 Å². The molecule has 0 N–H and O–H groups in total. The van der Waals surface area contributed by atoms with Crippen LogP contribution in [0.15, 0.2) is 0 Å². The third-order valence-corrected chi connectivity index (χ3v) is 5.35. The zero-order valence-electron chi connectivity index (χ0n) is 14.4. The Morgan fingerprint density at radius 1 is 0.818 bits per heavy atom. The van der Waals surface area contributed by atoms with Crippen LogP contribution in [0.3, 0.4) is 0 Å². The minimum atomic E-state index is -3.38. The van der Waals surface area contributed by atoms with E-state index >= 15 is 0 Å². The van der Waals surface area contributed by atoms with Gasteiger partial charge in [-0.2, -0.15) is 0 Å². The molecule has 0 aromatic rings. The second-order valence-electron chi connectivity index (χ2n) is 5.91. The van der Waals surface area contributed by atoms with E-state index in [1.165, 1.54) is 12.8 Å². The minimum absolute atomic E-state index is 0.416. The van der Waals surface area contributed by atoms with Crippen molar-refractivity contribution < 1.29 is 18.1 Å². The van der Waals surface area contributed by atoms with Crippen molar-refractivity contribution in [1.29, 1.82) is 0 Å². The number of nitrogens with zero attached hydrogens (tertiary/aromatic N) is 1. The molecule has 1 heterocycles. The van der Waals surface area contributed by atoms with Crippen molar-refractivity contribution in [1.82, 2.24) is 4.90 Å². The van der Waals surface area contributed by atoms with Crippen molar-refractivity contribution >= 4 is 7.82 Å². The van der Waals surface area contributed by atoms with E-state index in [9.17, 15) is 4.57 Å². The molecule has 1 fully saturated rings. The standard InChI is InChI=1S/C16H34NO4P/c1-3-5-9-14-19-22(18,20-15-10-6-4-2)21-16-13-17-11-7-8-12-17/h3-16H2,1-2H3. The van der Waals surface area contributed by atoms with Gasteiger partial charge >= 0.3 is 7.82 Å². The number of hydrogen-bond acceptors (Lipinski definition) is 5. The van der Waals surface area contributed by atoms with Crippen LogP contribution in [0.5, 0.6) is 0 Å². The maximum absolute atomic E-state index is 12.6. The van der Waals surface area contributed by atoms with Gasteiger partial charge in [0.2, 0.25) is 0 Å².